The Balaban J connectivity index is 2.08. The van der Waals surface area contributed by atoms with Gasteiger partial charge >= 0.3 is 0 Å². The first-order valence-electron chi connectivity index (χ1n) is 5.47. The Morgan fingerprint density at radius 1 is 1.50 bits per heavy atom. The zero-order valence-corrected chi connectivity index (χ0v) is 11.5. The van der Waals surface area contributed by atoms with E-state index in [1.54, 1.807) is 24.4 Å². The number of nitrogens with zero attached hydrogens (tertiary/aromatic N) is 2. The van der Waals surface area contributed by atoms with Gasteiger partial charge in [0, 0.05) is 37.3 Å². The van der Waals surface area contributed by atoms with Crippen LogP contribution in [0.3, 0.4) is 0 Å². The molecule has 96 valence electrons. The van der Waals surface area contributed by atoms with Gasteiger partial charge in [-0.15, -0.1) is 0 Å². The van der Waals surface area contributed by atoms with E-state index in [0.717, 1.165) is 5.82 Å². The number of imidazole rings is 1. The third-order valence-corrected chi connectivity index (χ3v) is 4.48. The molecule has 1 heterocycles. The lowest BCUT2D eigenvalue weighted by Crippen LogP contribution is -2.06. The largest absolute Gasteiger partial charge is 0.399 e. The maximum atomic E-state index is 12.2. The van der Waals surface area contributed by atoms with Gasteiger partial charge in [0.05, 0.1) is 20.7 Å². The van der Waals surface area contributed by atoms with Crippen LogP contribution in [0.2, 0.25) is 5.02 Å². The van der Waals surface area contributed by atoms with Crippen LogP contribution in [0.1, 0.15) is 5.82 Å². The molecule has 0 bridgehead atoms. The van der Waals surface area contributed by atoms with E-state index in [-0.39, 0.29) is 0 Å². The third-order valence-electron chi connectivity index (χ3n) is 2.63. The summed E-state index contributed by atoms with van der Waals surface area (Å²) in [7, 11) is 0.752. The molecule has 1 unspecified atom stereocenters. The molecule has 1 aromatic carbocycles. The number of nitrogens with two attached hydrogens (primary N) is 1. The Labute approximate surface area is 113 Å². The van der Waals surface area contributed by atoms with Crippen molar-refractivity contribution < 1.29 is 4.21 Å². The molecular weight excluding hydrogens is 270 g/mol. The summed E-state index contributed by atoms with van der Waals surface area (Å²) in [6.07, 6.45) is 4.23. The summed E-state index contributed by atoms with van der Waals surface area (Å²) >= 11 is 6.01. The minimum atomic E-state index is -1.16. The quantitative estimate of drug-likeness (QED) is 0.873. The standard InChI is InChI=1S/C12H14ClN3OS/c1-16-6-5-15-12(16)4-7-18(17)11-8-9(14)2-3-10(11)13/h2-3,5-6,8H,4,7,14H2,1H3. The number of nitrogen functional groups attached to an aromatic ring is 1. The summed E-state index contributed by atoms with van der Waals surface area (Å²) in [5, 5.41) is 0.488. The molecule has 0 spiro atoms. The van der Waals surface area contributed by atoms with Crippen molar-refractivity contribution in [2.75, 3.05) is 11.5 Å². The van der Waals surface area contributed by atoms with Crippen molar-refractivity contribution in [3.05, 3.63) is 41.4 Å². The Kier molecular flexibility index (Phi) is 4.04. The van der Waals surface area contributed by atoms with E-state index in [9.17, 15) is 4.21 Å². The minimum absolute atomic E-state index is 0.480. The van der Waals surface area contributed by atoms with Gasteiger partial charge in [0.2, 0.25) is 0 Å². The summed E-state index contributed by atoms with van der Waals surface area (Å²) in [5.41, 5.74) is 6.24. The highest BCUT2D eigenvalue weighted by atomic mass is 35.5. The van der Waals surface area contributed by atoms with E-state index in [1.165, 1.54) is 0 Å². The molecular formula is C12H14ClN3OS. The van der Waals surface area contributed by atoms with E-state index in [4.69, 9.17) is 17.3 Å². The van der Waals surface area contributed by atoms with Crippen LogP contribution in [-0.4, -0.2) is 19.5 Å². The molecule has 0 saturated heterocycles. The number of hydrogen-bond acceptors (Lipinski definition) is 3. The van der Waals surface area contributed by atoms with Crippen molar-refractivity contribution in [1.29, 1.82) is 0 Å². The molecule has 0 aliphatic carbocycles. The first-order chi connectivity index (χ1) is 8.58. The number of rotatable bonds is 4. The fourth-order valence-electron chi connectivity index (χ4n) is 1.63. The molecule has 18 heavy (non-hydrogen) atoms. The second-order valence-electron chi connectivity index (χ2n) is 3.94. The van der Waals surface area contributed by atoms with Crippen molar-refractivity contribution in [1.82, 2.24) is 9.55 Å². The van der Waals surface area contributed by atoms with E-state index >= 15 is 0 Å². The summed E-state index contributed by atoms with van der Waals surface area (Å²) < 4.78 is 14.1. The van der Waals surface area contributed by atoms with Gasteiger partial charge in [0.1, 0.15) is 5.82 Å². The van der Waals surface area contributed by atoms with Crippen molar-refractivity contribution in [3.63, 3.8) is 0 Å². The molecule has 0 amide bonds. The van der Waals surface area contributed by atoms with Crippen LogP contribution >= 0.6 is 11.6 Å². The Hall–Kier alpha value is -1.33. The predicted octanol–water partition coefficient (Wildman–Crippen LogP) is 2.01. The highest BCUT2D eigenvalue weighted by Gasteiger charge is 2.10. The highest BCUT2D eigenvalue weighted by molar-refractivity contribution is 7.85. The predicted molar refractivity (Wildman–Crippen MR) is 74.1 cm³/mol. The number of anilines is 1. The molecule has 4 nitrogen and oxygen atoms in total. The molecule has 0 aliphatic heterocycles. The second kappa shape index (κ2) is 5.54. The normalized spacial score (nSPS) is 12.6. The van der Waals surface area contributed by atoms with Crippen molar-refractivity contribution >= 4 is 28.1 Å². The summed E-state index contributed by atoms with van der Waals surface area (Å²) in [6.45, 7) is 0. The van der Waals surface area contributed by atoms with E-state index in [1.807, 2.05) is 17.8 Å². The third kappa shape index (κ3) is 2.91. The maximum Gasteiger partial charge on any atom is 0.109 e. The number of aryl methyl sites for hydroxylation is 2. The minimum Gasteiger partial charge on any atom is -0.399 e. The van der Waals surface area contributed by atoms with Crippen LogP contribution in [-0.2, 0) is 24.3 Å². The molecule has 1 atom stereocenters. The number of halogens is 1. The van der Waals surface area contributed by atoms with Crippen LogP contribution in [0, 0.1) is 0 Å². The van der Waals surface area contributed by atoms with E-state index in [0.29, 0.717) is 27.8 Å². The SMILES string of the molecule is Cn1ccnc1CCS(=O)c1cc(N)ccc1Cl. The molecule has 0 radical (unpaired) electrons. The Morgan fingerprint density at radius 2 is 2.28 bits per heavy atom. The first-order valence-corrected chi connectivity index (χ1v) is 7.17. The van der Waals surface area contributed by atoms with Crippen molar-refractivity contribution in [2.45, 2.75) is 11.3 Å². The van der Waals surface area contributed by atoms with Crippen LogP contribution in [0.15, 0.2) is 35.5 Å². The van der Waals surface area contributed by atoms with Gasteiger partial charge in [-0.25, -0.2) is 4.98 Å². The molecule has 0 saturated carbocycles. The van der Waals surface area contributed by atoms with Crippen LogP contribution in [0.25, 0.3) is 0 Å². The lowest BCUT2D eigenvalue weighted by molar-refractivity contribution is 0.680. The fraction of sp³-hybridized carbons (Fsp3) is 0.250. The lowest BCUT2D eigenvalue weighted by Gasteiger charge is -2.06. The lowest BCUT2D eigenvalue weighted by atomic mass is 10.3. The molecule has 6 heteroatoms. The first kappa shape index (κ1) is 13.1. The molecule has 2 rings (SSSR count). The van der Waals surface area contributed by atoms with E-state index < -0.39 is 10.8 Å². The zero-order chi connectivity index (χ0) is 13.1. The molecule has 2 aromatic rings. The smallest absolute Gasteiger partial charge is 0.109 e. The van der Waals surface area contributed by atoms with Gasteiger partial charge in [-0.3, -0.25) is 4.21 Å². The van der Waals surface area contributed by atoms with Crippen LogP contribution < -0.4 is 5.73 Å². The highest BCUT2D eigenvalue weighted by Crippen LogP contribution is 2.22. The molecule has 1 aromatic heterocycles. The molecule has 0 fully saturated rings. The average Bonchev–Trinajstić information content (AvgIpc) is 2.75. The maximum absolute atomic E-state index is 12.2. The summed E-state index contributed by atoms with van der Waals surface area (Å²) in [5.74, 6) is 1.39. The Morgan fingerprint density at radius 3 is 2.94 bits per heavy atom. The fourth-order valence-corrected chi connectivity index (χ4v) is 3.14. The van der Waals surface area contributed by atoms with Gasteiger partial charge < -0.3 is 10.3 Å². The van der Waals surface area contributed by atoms with Crippen molar-refractivity contribution in [3.8, 4) is 0 Å². The Bertz CT molecular complexity index is 582. The number of benzene rings is 1. The van der Waals surface area contributed by atoms with Gasteiger partial charge in [-0.1, -0.05) is 11.6 Å². The summed E-state index contributed by atoms with van der Waals surface area (Å²) in [6, 6.07) is 5.03. The molecule has 2 N–H and O–H groups in total. The van der Waals surface area contributed by atoms with E-state index in [2.05, 4.69) is 4.98 Å². The van der Waals surface area contributed by atoms with Gasteiger partial charge in [-0.05, 0) is 18.2 Å². The van der Waals surface area contributed by atoms with Gasteiger partial charge in [-0.2, -0.15) is 0 Å². The van der Waals surface area contributed by atoms with Crippen molar-refractivity contribution in [2.24, 2.45) is 7.05 Å². The topological polar surface area (TPSA) is 60.9 Å². The number of hydrogen-bond donors (Lipinski definition) is 1. The average molecular weight is 284 g/mol. The van der Waals surface area contributed by atoms with Crippen LogP contribution in [0.5, 0.6) is 0 Å². The van der Waals surface area contributed by atoms with Gasteiger partial charge in [0.25, 0.3) is 0 Å². The summed E-state index contributed by atoms with van der Waals surface area (Å²) in [4.78, 5) is 4.78. The molecule has 0 aliphatic rings. The van der Waals surface area contributed by atoms with Crippen LogP contribution in [0.4, 0.5) is 5.69 Å². The van der Waals surface area contributed by atoms with Gasteiger partial charge in [0.15, 0.2) is 0 Å². The number of aromatic nitrogens is 2. The zero-order valence-electron chi connectivity index (χ0n) is 9.97. The second-order valence-corrected chi connectivity index (χ2v) is 5.89. The monoisotopic (exact) mass is 283 g/mol.